The first-order chi connectivity index (χ1) is 9.43. The van der Waals surface area contributed by atoms with Crippen LogP contribution in [0.2, 0.25) is 0 Å². The van der Waals surface area contributed by atoms with Gasteiger partial charge in [0.05, 0.1) is 12.5 Å². The predicted octanol–water partition coefficient (Wildman–Crippen LogP) is 1.85. The first kappa shape index (κ1) is 18.7. The van der Waals surface area contributed by atoms with Gasteiger partial charge in [0, 0.05) is 19.7 Å². The molecule has 0 saturated heterocycles. The van der Waals surface area contributed by atoms with Gasteiger partial charge in [0.1, 0.15) is 0 Å². The third kappa shape index (κ3) is 11.8. The van der Waals surface area contributed by atoms with E-state index in [0.717, 1.165) is 6.42 Å². The van der Waals surface area contributed by atoms with E-state index in [4.69, 9.17) is 9.84 Å². The zero-order valence-electron chi connectivity index (χ0n) is 12.8. The summed E-state index contributed by atoms with van der Waals surface area (Å²) < 4.78 is 5.37. The molecule has 0 aliphatic carbocycles. The van der Waals surface area contributed by atoms with Crippen LogP contribution in [-0.4, -0.2) is 43.4 Å². The van der Waals surface area contributed by atoms with Gasteiger partial charge in [-0.25, -0.2) is 4.79 Å². The number of carboxylic acids is 1. The molecule has 0 aromatic rings. The van der Waals surface area contributed by atoms with Crippen molar-refractivity contribution in [1.82, 2.24) is 10.6 Å². The Morgan fingerprint density at radius 1 is 1.05 bits per heavy atom. The predicted molar refractivity (Wildman–Crippen MR) is 77.7 cm³/mol. The number of hydrogen-bond donors (Lipinski definition) is 3. The van der Waals surface area contributed by atoms with E-state index in [-0.39, 0.29) is 11.9 Å². The average molecular weight is 288 g/mol. The molecule has 0 spiro atoms. The number of rotatable bonds is 11. The molecule has 20 heavy (non-hydrogen) atoms. The molecule has 0 aliphatic rings. The van der Waals surface area contributed by atoms with Crippen LogP contribution >= 0.6 is 0 Å². The summed E-state index contributed by atoms with van der Waals surface area (Å²) in [7, 11) is 0. The summed E-state index contributed by atoms with van der Waals surface area (Å²) in [6, 6.07) is -0.236. The van der Waals surface area contributed by atoms with Gasteiger partial charge in [0.25, 0.3) is 0 Å². The van der Waals surface area contributed by atoms with Crippen LogP contribution in [0.3, 0.4) is 0 Å². The molecule has 3 N–H and O–H groups in total. The Balaban J connectivity index is 3.35. The molecule has 6 nitrogen and oxygen atoms in total. The molecule has 6 heteroatoms. The number of ether oxygens (including phenoxy) is 1. The SMILES string of the molecule is CC(C)CCOCCNC(=O)NCCCC(C)C(=O)O. The van der Waals surface area contributed by atoms with Crippen LogP contribution < -0.4 is 10.6 Å². The maximum atomic E-state index is 11.4. The van der Waals surface area contributed by atoms with E-state index < -0.39 is 5.97 Å². The molecule has 1 atom stereocenters. The summed E-state index contributed by atoms with van der Waals surface area (Å²) >= 11 is 0. The van der Waals surface area contributed by atoms with Gasteiger partial charge in [-0.05, 0) is 25.2 Å². The van der Waals surface area contributed by atoms with Gasteiger partial charge in [-0.2, -0.15) is 0 Å². The minimum absolute atomic E-state index is 0.236. The highest BCUT2D eigenvalue weighted by atomic mass is 16.5. The minimum Gasteiger partial charge on any atom is -0.481 e. The van der Waals surface area contributed by atoms with Crippen molar-refractivity contribution in [3.8, 4) is 0 Å². The van der Waals surface area contributed by atoms with Gasteiger partial charge in [-0.3, -0.25) is 4.79 Å². The van der Waals surface area contributed by atoms with E-state index in [1.54, 1.807) is 6.92 Å². The summed E-state index contributed by atoms with van der Waals surface area (Å²) in [6.45, 7) is 8.13. The molecule has 0 aliphatic heterocycles. The number of carboxylic acid groups (broad SMARTS) is 1. The van der Waals surface area contributed by atoms with Gasteiger partial charge in [-0.15, -0.1) is 0 Å². The summed E-state index contributed by atoms with van der Waals surface area (Å²) in [6.07, 6.45) is 2.24. The maximum absolute atomic E-state index is 11.4. The second-order valence-corrected chi connectivity index (χ2v) is 5.36. The van der Waals surface area contributed by atoms with Crippen molar-refractivity contribution in [1.29, 1.82) is 0 Å². The van der Waals surface area contributed by atoms with Crippen molar-refractivity contribution < 1.29 is 19.4 Å². The van der Waals surface area contributed by atoms with E-state index in [9.17, 15) is 9.59 Å². The largest absolute Gasteiger partial charge is 0.481 e. The number of aliphatic carboxylic acids is 1. The molecule has 2 amide bonds. The van der Waals surface area contributed by atoms with Crippen molar-refractivity contribution in [2.75, 3.05) is 26.3 Å². The lowest BCUT2D eigenvalue weighted by molar-refractivity contribution is -0.141. The minimum atomic E-state index is -0.798. The summed E-state index contributed by atoms with van der Waals surface area (Å²) in [4.78, 5) is 22.0. The monoisotopic (exact) mass is 288 g/mol. The molecule has 0 aromatic heterocycles. The number of carbonyl (C=O) groups is 2. The zero-order chi connectivity index (χ0) is 15.4. The van der Waals surface area contributed by atoms with Crippen LogP contribution in [0.1, 0.15) is 40.0 Å². The Morgan fingerprint density at radius 2 is 1.70 bits per heavy atom. The standard InChI is InChI=1S/C14H28N2O4/c1-11(2)6-9-20-10-8-16-14(19)15-7-4-5-12(3)13(17)18/h11-12H,4-10H2,1-3H3,(H,17,18)(H2,15,16,19). The highest BCUT2D eigenvalue weighted by molar-refractivity contribution is 5.73. The molecule has 0 heterocycles. The number of urea groups is 1. The lowest BCUT2D eigenvalue weighted by atomic mass is 10.1. The number of amides is 2. The van der Waals surface area contributed by atoms with Crippen molar-refractivity contribution >= 4 is 12.0 Å². The Morgan fingerprint density at radius 3 is 2.30 bits per heavy atom. The summed E-state index contributed by atoms with van der Waals surface area (Å²) in [5.74, 6) is -0.540. The lowest BCUT2D eigenvalue weighted by Crippen LogP contribution is -2.38. The Hall–Kier alpha value is -1.30. The fraction of sp³-hybridized carbons (Fsp3) is 0.857. The van der Waals surface area contributed by atoms with Crippen LogP contribution in [0.5, 0.6) is 0 Å². The zero-order valence-corrected chi connectivity index (χ0v) is 12.8. The highest BCUT2D eigenvalue weighted by Gasteiger charge is 2.09. The molecular weight excluding hydrogens is 260 g/mol. The van der Waals surface area contributed by atoms with Gasteiger partial charge < -0.3 is 20.5 Å². The summed E-state index contributed by atoms with van der Waals surface area (Å²) in [5.41, 5.74) is 0. The summed E-state index contributed by atoms with van der Waals surface area (Å²) in [5, 5.41) is 14.1. The highest BCUT2D eigenvalue weighted by Crippen LogP contribution is 2.03. The van der Waals surface area contributed by atoms with Crippen LogP contribution in [-0.2, 0) is 9.53 Å². The van der Waals surface area contributed by atoms with Crippen LogP contribution in [0, 0.1) is 11.8 Å². The number of nitrogens with one attached hydrogen (secondary N) is 2. The van der Waals surface area contributed by atoms with Crippen molar-refractivity contribution in [2.45, 2.75) is 40.0 Å². The third-order valence-electron chi connectivity index (χ3n) is 2.89. The van der Waals surface area contributed by atoms with Gasteiger partial charge in [-0.1, -0.05) is 20.8 Å². The Kier molecular flexibility index (Phi) is 10.8. The van der Waals surface area contributed by atoms with Crippen molar-refractivity contribution in [3.63, 3.8) is 0 Å². The molecule has 118 valence electrons. The first-order valence-corrected chi connectivity index (χ1v) is 7.25. The number of carbonyl (C=O) groups excluding carboxylic acids is 1. The normalized spacial score (nSPS) is 12.2. The van der Waals surface area contributed by atoms with Gasteiger partial charge in [0.2, 0.25) is 0 Å². The molecule has 0 saturated carbocycles. The molecule has 0 rings (SSSR count). The van der Waals surface area contributed by atoms with E-state index in [1.165, 1.54) is 0 Å². The van der Waals surface area contributed by atoms with Gasteiger partial charge >= 0.3 is 12.0 Å². The second kappa shape index (κ2) is 11.5. The number of hydrogen-bond acceptors (Lipinski definition) is 3. The van der Waals surface area contributed by atoms with E-state index in [1.807, 2.05) is 0 Å². The van der Waals surface area contributed by atoms with Crippen LogP contribution in [0.15, 0.2) is 0 Å². The fourth-order valence-electron chi connectivity index (χ4n) is 1.45. The molecule has 0 radical (unpaired) electrons. The average Bonchev–Trinajstić information content (AvgIpc) is 2.37. The first-order valence-electron chi connectivity index (χ1n) is 7.25. The molecule has 0 bridgehead atoms. The van der Waals surface area contributed by atoms with Gasteiger partial charge in [0.15, 0.2) is 0 Å². The Bertz CT molecular complexity index is 282. The van der Waals surface area contributed by atoms with Crippen LogP contribution in [0.4, 0.5) is 4.79 Å². The van der Waals surface area contributed by atoms with Crippen molar-refractivity contribution in [3.05, 3.63) is 0 Å². The smallest absolute Gasteiger partial charge is 0.314 e. The van der Waals surface area contributed by atoms with E-state index in [0.29, 0.717) is 45.1 Å². The third-order valence-corrected chi connectivity index (χ3v) is 2.89. The Labute approximate surface area is 121 Å². The lowest BCUT2D eigenvalue weighted by Gasteiger charge is -2.09. The molecular formula is C14H28N2O4. The van der Waals surface area contributed by atoms with Crippen LogP contribution in [0.25, 0.3) is 0 Å². The fourth-order valence-corrected chi connectivity index (χ4v) is 1.45. The topological polar surface area (TPSA) is 87.7 Å². The molecule has 0 fully saturated rings. The van der Waals surface area contributed by atoms with E-state index in [2.05, 4.69) is 24.5 Å². The van der Waals surface area contributed by atoms with Crippen molar-refractivity contribution in [2.24, 2.45) is 11.8 Å². The second-order valence-electron chi connectivity index (χ2n) is 5.36. The van der Waals surface area contributed by atoms with E-state index >= 15 is 0 Å². The quantitative estimate of drug-likeness (QED) is 0.506. The maximum Gasteiger partial charge on any atom is 0.314 e. The molecule has 0 aromatic carbocycles. The molecule has 1 unspecified atom stereocenters.